The third-order valence-corrected chi connectivity index (χ3v) is 4.07. The molecule has 108 valence electrons. The van der Waals surface area contributed by atoms with Crippen LogP contribution in [0.25, 0.3) is 0 Å². The summed E-state index contributed by atoms with van der Waals surface area (Å²) in [5.41, 5.74) is 0.766. The highest BCUT2D eigenvalue weighted by Crippen LogP contribution is 2.29. The Balaban J connectivity index is 2.18. The van der Waals surface area contributed by atoms with Crippen molar-refractivity contribution in [2.24, 2.45) is 0 Å². The SMILES string of the molecule is CCNC(Cc1ccc(F)c(F)c1)c1cc(OC)cs1. The Morgan fingerprint density at radius 3 is 2.65 bits per heavy atom. The van der Waals surface area contributed by atoms with E-state index in [1.807, 2.05) is 18.4 Å². The number of thiophene rings is 1. The molecular weight excluding hydrogens is 280 g/mol. The highest BCUT2D eigenvalue weighted by molar-refractivity contribution is 7.10. The van der Waals surface area contributed by atoms with Crippen LogP contribution in [0.15, 0.2) is 29.6 Å². The van der Waals surface area contributed by atoms with E-state index >= 15 is 0 Å². The van der Waals surface area contributed by atoms with Crippen LogP contribution in [0, 0.1) is 11.6 Å². The van der Waals surface area contributed by atoms with E-state index in [2.05, 4.69) is 5.32 Å². The van der Waals surface area contributed by atoms with Crippen LogP contribution in [0.2, 0.25) is 0 Å². The van der Waals surface area contributed by atoms with Crippen molar-refractivity contribution in [3.05, 3.63) is 51.7 Å². The van der Waals surface area contributed by atoms with Gasteiger partial charge >= 0.3 is 0 Å². The maximum atomic E-state index is 13.3. The minimum atomic E-state index is -0.813. The monoisotopic (exact) mass is 297 g/mol. The van der Waals surface area contributed by atoms with Crippen molar-refractivity contribution in [2.45, 2.75) is 19.4 Å². The Bertz CT molecular complexity index is 571. The van der Waals surface area contributed by atoms with Crippen LogP contribution in [0.5, 0.6) is 5.75 Å². The highest BCUT2D eigenvalue weighted by Gasteiger charge is 2.15. The Kier molecular flexibility index (Phi) is 5.09. The van der Waals surface area contributed by atoms with E-state index < -0.39 is 11.6 Å². The van der Waals surface area contributed by atoms with Gasteiger partial charge in [-0.25, -0.2) is 8.78 Å². The number of halogens is 2. The average molecular weight is 297 g/mol. The second-order valence-corrected chi connectivity index (χ2v) is 5.39. The van der Waals surface area contributed by atoms with Crippen molar-refractivity contribution in [2.75, 3.05) is 13.7 Å². The minimum absolute atomic E-state index is 0.0683. The summed E-state index contributed by atoms with van der Waals surface area (Å²) in [6.07, 6.45) is 0.606. The molecule has 1 aromatic heterocycles. The van der Waals surface area contributed by atoms with Gasteiger partial charge in [-0.1, -0.05) is 13.0 Å². The highest BCUT2D eigenvalue weighted by atomic mass is 32.1. The Labute approximate surface area is 121 Å². The predicted octanol–water partition coefficient (Wildman–Crippen LogP) is 3.93. The number of hydrogen-bond acceptors (Lipinski definition) is 3. The second-order valence-electron chi connectivity index (χ2n) is 4.45. The Morgan fingerprint density at radius 2 is 2.05 bits per heavy atom. The maximum absolute atomic E-state index is 13.3. The third kappa shape index (κ3) is 3.55. The molecule has 0 aliphatic heterocycles. The van der Waals surface area contributed by atoms with Gasteiger partial charge in [-0.3, -0.25) is 0 Å². The van der Waals surface area contributed by atoms with Gasteiger partial charge in [0.25, 0.3) is 0 Å². The van der Waals surface area contributed by atoms with E-state index in [-0.39, 0.29) is 6.04 Å². The molecule has 2 rings (SSSR count). The zero-order valence-electron chi connectivity index (χ0n) is 11.5. The lowest BCUT2D eigenvalue weighted by atomic mass is 10.0. The molecule has 0 bridgehead atoms. The van der Waals surface area contributed by atoms with Crippen LogP contribution in [-0.2, 0) is 6.42 Å². The van der Waals surface area contributed by atoms with Crippen molar-refractivity contribution in [1.29, 1.82) is 0 Å². The third-order valence-electron chi connectivity index (χ3n) is 3.05. The van der Waals surface area contributed by atoms with E-state index in [1.54, 1.807) is 24.5 Å². The molecule has 20 heavy (non-hydrogen) atoms. The predicted molar refractivity (Wildman–Crippen MR) is 77.4 cm³/mol. The smallest absolute Gasteiger partial charge is 0.159 e. The number of rotatable bonds is 6. The van der Waals surface area contributed by atoms with Crippen LogP contribution in [0.4, 0.5) is 8.78 Å². The van der Waals surface area contributed by atoms with Crippen molar-refractivity contribution in [3.8, 4) is 5.75 Å². The van der Waals surface area contributed by atoms with E-state index in [1.165, 1.54) is 12.1 Å². The normalized spacial score (nSPS) is 12.4. The van der Waals surface area contributed by atoms with Gasteiger partial charge in [0, 0.05) is 16.3 Å². The quantitative estimate of drug-likeness (QED) is 0.872. The Hall–Kier alpha value is -1.46. The van der Waals surface area contributed by atoms with Crippen molar-refractivity contribution >= 4 is 11.3 Å². The maximum Gasteiger partial charge on any atom is 0.159 e. The molecule has 0 amide bonds. The molecule has 0 aliphatic carbocycles. The first-order chi connectivity index (χ1) is 9.63. The summed E-state index contributed by atoms with van der Waals surface area (Å²) in [5, 5.41) is 5.29. The van der Waals surface area contributed by atoms with Crippen molar-refractivity contribution in [3.63, 3.8) is 0 Å². The van der Waals surface area contributed by atoms with E-state index in [9.17, 15) is 8.78 Å². The van der Waals surface area contributed by atoms with Gasteiger partial charge in [-0.2, -0.15) is 0 Å². The first kappa shape index (κ1) is 14.9. The molecule has 5 heteroatoms. The summed E-state index contributed by atoms with van der Waals surface area (Å²) in [7, 11) is 1.63. The first-order valence-corrected chi connectivity index (χ1v) is 7.31. The molecule has 2 nitrogen and oxygen atoms in total. The molecular formula is C15H17F2NOS. The van der Waals surface area contributed by atoms with E-state index in [0.29, 0.717) is 6.42 Å². The van der Waals surface area contributed by atoms with Crippen molar-refractivity contribution < 1.29 is 13.5 Å². The number of benzene rings is 1. The number of hydrogen-bond donors (Lipinski definition) is 1. The van der Waals surface area contributed by atoms with Crippen LogP contribution in [-0.4, -0.2) is 13.7 Å². The fourth-order valence-electron chi connectivity index (χ4n) is 2.05. The lowest BCUT2D eigenvalue weighted by Crippen LogP contribution is -2.22. The first-order valence-electron chi connectivity index (χ1n) is 6.43. The van der Waals surface area contributed by atoms with Gasteiger partial charge in [0.15, 0.2) is 11.6 Å². The lowest BCUT2D eigenvalue weighted by molar-refractivity contribution is 0.415. The summed E-state index contributed by atoms with van der Waals surface area (Å²) in [5.74, 6) is -0.800. The molecule has 1 heterocycles. The van der Waals surface area contributed by atoms with Gasteiger partial charge in [-0.05, 0) is 36.7 Å². The van der Waals surface area contributed by atoms with Gasteiger partial charge in [0.2, 0.25) is 0 Å². The summed E-state index contributed by atoms with van der Waals surface area (Å²) in [6, 6.07) is 6.08. The number of likely N-dealkylation sites (N-methyl/N-ethyl adjacent to an activating group) is 1. The van der Waals surface area contributed by atoms with Gasteiger partial charge in [-0.15, -0.1) is 11.3 Å². The van der Waals surface area contributed by atoms with Crippen LogP contribution in [0.3, 0.4) is 0 Å². The molecule has 1 N–H and O–H groups in total. The van der Waals surface area contributed by atoms with Crippen molar-refractivity contribution in [1.82, 2.24) is 5.32 Å². The van der Waals surface area contributed by atoms with Gasteiger partial charge in [0.05, 0.1) is 7.11 Å². The average Bonchev–Trinajstić information content (AvgIpc) is 2.91. The zero-order valence-corrected chi connectivity index (χ0v) is 12.3. The second kappa shape index (κ2) is 6.81. The topological polar surface area (TPSA) is 21.3 Å². The fourth-order valence-corrected chi connectivity index (χ4v) is 2.98. The molecule has 1 atom stereocenters. The fraction of sp³-hybridized carbons (Fsp3) is 0.333. The molecule has 0 aliphatic rings. The standard InChI is InChI=1S/C15H17F2NOS/c1-3-18-14(15-8-11(19-2)9-20-15)7-10-4-5-12(16)13(17)6-10/h4-6,8-9,14,18H,3,7H2,1-2H3. The van der Waals surface area contributed by atoms with Crippen LogP contribution < -0.4 is 10.1 Å². The van der Waals surface area contributed by atoms with Gasteiger partial charge in [0.1, 0.15) is 5.75 Å². The van der Waals surface area contributed by atoms with Crippen LogP contribution >= 0.6 is 11.3 Å². The molecule has 0 saturated heterocycles. The number of nitrogens with one attached hydrogen (secondary N) is 1. The molecule has 0 fully saturated rings. The van der Waals surface area contributed by atoms with Crippen LogP contribution in [0.1, 0.15) is 23.4 Å². The minimum Gasteiger partial charge on any atom is -0.496 e. The molecule has 1 unspecified atom stereocenters. The molecule has 0 saturated carbocycles. The molecule has 0 radical (unpaired) electrons. The molecule has 0 spiro atoms. The number of ether oxygens (including phenoxy) is 1. The zero-order chi connectivity index (χ0) is 14.5. The summed E-state index contributed by atoms with van der Waals surface area (Å²) < 4.78 is 31.4. The summed E-state index contributed by atoms with van der Waals surface area (Å²) in [6.45, 7) is 2.82. The largest absolute Gasteiger partial charge is 0.496 e. The Morgan fingerprint density at radius 1 is 1.25 bits per heavy atom. The lowest BCUT2D eigenvalue weighted by Gasteiger charge is -2.16. The summed E-state index contributed by atoms with van der Waals surface area (Å²) in [4.78, 5) is 1.12. The molecule has 2 aromatic rings. The van der Waals surface area contributed by atoms with E-state index in [0.717, 1.165) is 22.7 Å². The van der Waals surface area contributed by atoms with Gasteiger partial charge < -0.3 is 10.1 Å². The number of methoxy groups -OCH3 is 1. The molecule has 1 aromatic carbocycles. The summed E-state index contributed by atoms with van der Waals surface area (Å²) >= 11 is 1.59. The van der Waals surface area contributed by atoms with E-state index in [4.69, 9.17) is 4.74 Å².